The molecule has 14 heteroatoms. The maximum absolute atomic E-state index is 15.6. The molecular weight excluding hydrogens is 558 g/mol. The van der Waals surface area contributed by atoms with E-state index in [9.17, 15) is 22.8 Å². The van der Waals surface area contributed by atoms with Gasteiger partial charge in [-0.3, -0.25) is 9.59 Å². The van der Waals surface area contributed by atoms with Crippen LogP contribution in [-0.2, 0) is 10.9 Å². The number of nitrogens with one attached hydrogen (secondary N) is 2. The smallest absolute Gasteiger partial charge is 0.378 e. The summed E-state index contributed by atoms with van der Waals surface area (Å²) in [6.45, 7) is 4.27. The van der Waals surface area contributed by atoms with Gasteiger partial charge in [-0.15, -0.1) is 0 Å². The second-order valence-corrected chi connectivity index (χ2v) is 10.7. The van der Waals surface area contributed by atoms with Gasteiger partial charge in [-0.2, -0.15) is 13.2 Å². The highest BCUT2D eigenvalue weighted by molar-refractivity contribution is 6.07. The van der Waals surface area contributed by atoms with Crippen LogP contribution in [-0.4, -0.2) is 85.8 Å². The zero-order chi connectivity index (χ0) is 30.0. The summed E-state index contributed by atoms with van der Waals surface area (Å²) in [5.41, 5.74) is -2.25. The fourth-order valence-electron chi connectivity index (χ4n) is 5.33. The lowest BCUT2D eigenvalue weighted by Gasteiger charge is -2.26. The zero-order valence-electron chi connectivity index (χ0n) is 23.2. The van der Waals surface area contributed by atoms with Gasteiger partial charge in [-0.1, -0.05) is 0 Å². The standard InChI is InChI=1S/C28H31F4N7O3/c1-37(2)15-17-3-4-39(16-17)24-11-22(29)19(18-12-34-27(35-13-18)38-5-7-42-8-6-38)9-23(24)36-26(41)20-14-33-25(40)10-21(20)28(30,31)32/h9-14,17H,3-8,15-16H2,1-2H3,(H,33,40)(H,36,41). The second-order valence-electron chi connectivity index (χ2n) is 10.7. The van der Waals surface area contributed by atoms with Crippen LogP contribution >= 0.6 is 0 Å². The molecule has 2 aliphatic rings. The predicted molar refractivity (Wildman–Crippen MR) is 149 cm³/mol. The second kappa shape index (κ2) is 12.1. The average molecular weight is 590 g/mol. The molecule has 224 valence electrons. The van der Waals surface area contributed by atoms with Crippen molar-refractivity contribution in [2.45, 2.75) is 12.6 Å². The Morgan fingerprint density at radius 1 is 1.12 bits per heavy atom. The highest BCUT2D eigenvalue weighted by atomic mass is 19.4. The van der Waals surface area contributed by atoms with Crippen LogP contribution in [0.3, 0.4) is 0 Å². The fraction of sp³-hybridized carbons (Fsp3) is 0.429. The van der Waals surface area contributed by atoms with Crippen molar-refractivity contribution < 1.29 is 27.1 Å². The molecule has 5 rings (SSSR count). The number of hydrogen-bond acceptors (Lipinski definition) is 8. The van der Waals surface area contributed by atoms with Crippen molar-refractivity contribution in [3.63, 3.8) is 0 Å². The zero-order valence-corrected chi connectivity index (χ0v) is 23.2. The van der Waals surface area contributed by atoms with Crippen LogP contribution in [0.25, 0.3) is 11.1 Å². The number of carbonyl (C=O) groups is 1. The van der Waals surface area contributed by atoms with Gasteiger partial charge in [-0.05, 0) is 38.6 Å². The maximum atomic E-state index is 15.6. The van der Waals surface area contributed by atoms with Gasteiger partial charge in [0.2, 0.25) is 11.5 Å². The molecule has 2 fully saturated rings. The third kappa shape index (κ3) is 6.54. The minimum atomic E-state index is -4.94. The number of morpholine rings is 1. The number of pyridine rings is 1. The topological polar surface area (TPSA) is 107 Å². The number of halogens is 4. The van der Waals surface area contributed by atoms with Crippen LogP contribution in [0.1, 0.15) is 22.3 Å². The normalized spacial score (nSPS) is 17.6. The van der Waals surface area contributed by atoms with E-state index < -0.39 is 34.6 Å². The lowest BCUT2D eigenvalue weighted by Crippen LogP contribution is -2.37. The SMILES string of the molecule is CN(C)CC1CCN(c2cc(F)c(-c3cnc(N4CCOCC4)nc3)cc2NC(=O)c2c[nH]c(=O)cc2C(F)(F)F)C1. The van der Waals surface area contributed by atoms with Gasteiger partial charge in [0, 0.05) is 68.5 Å². The molecule has 42 heavy (non-hydrogen) atoms. The third-order valence-corrected chi connectivity index (χ3v) is 7.30. The number of anilines is 3. The molecule has 2 aliphatic heterocycles. The highest BCUT2D eigenvalue weighted by Crippen LogP contribution is 2.38. The molecule has 2 N–H and O–H groups in total. The average Bonchev–Trinajstić information content (AvgIpc) is 3.41. The first-order valence-corrected chi connectivity index (χ1v) is 13.5. The Morgan fingerprint density at radius 3 is 2.50 bits per heavy atom. The van der Waals surface area contributed by atoms with Crippen LogP contribution in [0, 0.1) is 11.7 Å². The number of hydrogen-bond donors (Lipinski definition) is 2. The van der Waals surface area contributed by atoms with E-state index in [0.29, 0.717) is 62.7 Å². The van der Waals surface area contributed by atoms with E-state index in [1.165, 1.54) is 24.5 Å². The third-order valence-electron chi connectivity index (χ3n) is 7.30. The number of rotatable bonds is 7. The van der Waals surface area contributed by atoms with Gasteiger partial charge < -0.3 is 29.7 Å². The van der Waals surface area contributed by atoms with E-state index in [1.807, 2.05) is 23.9 Å². The molecule has 1 atom stereocenters. The molecule has 0 aliphatic carbocycles. The summed E-state index contributed by atoms with van der Waals surface area (Å²) >= 11 is 0. The maximum Gasteiger partial charge on any atom is 0.417 e. The molecule has 0 radical (unpaired) electrons. The minimum absolute atomic E-state index is 0.0733. The van der Waals surface area contributed by atoms with Gasteiger partial charge in [0.05, 0.1) is 35.7 Å². The van der Waals surface area contributed by atoms with Crippen molar-refractivity contribution in [2.24, 2.45) is 5.92 Å². The molecule has 3 aromatic rings. The molecule has 1 aromatic carbocycles. The van der Waals surface area contributed by atoms with E-state index in [-0.39, 0.29) is 17.2 Å². The van der Waals surface area contributed by atoms with Crippen molar-refractivity contribution in [3.8, 4) is 11.1 Å². The van der Waals surface area contributed by atoms with Gasteiger partial charge >= 0.3 is 6.18 Å². The first-order chi connectivity index (χ1) is 20.0. The van der Waals surface area contributed by atoms with Gasteiger partial charge in [-0.25, -0.2) is 14.4 Å². The Labute approximate surface area is 239 Å². The molecule has 0 bridgehead atoms. The highest BCUT2D eigenvalue weighted by Gasteiger charge is 2.36. The van der Waals surface area contributed by atoms with Gasteiger partial charge in [0.1, 0.15) is 5.82 Å². The first-order valence-electron chi connectivity index (χ1n) is 13.5. The summed E-state index contributed by atoms with van der Waals surface area (Å²) in [5, 5.41) is 2.55. The van der Waals surface area contributed by atoms with Crippen molar-refractivity contribution in [1.82, 2.24) is 19.9 Å². The summed E-state index contributed by atoms with van der Waals surface area (Å²) in [5.74, 6) is -0.944. The molecule has 4 heterocycles. The van der Waals surface area contributed by atoms with Crippen LogP contribution in [0.5, 0.6) is 0 Å². The predicted octanol–water partition coefficient (Wildman–Crippen LogP) is 3.47. The Hall–Kier alpha value is -4.04. The monoisotopic (exact) mass is 589 g/mol. The number of aromatic nitrogens is 3. The summed E-state index contributed by atoms with van der Waals surface area (Å²) in [6.07, 6.45) is -0.455. The number of ether oxygens (including phenoxy) is 1. The summed E-state index contributed by atoms with van der Waals surface area (Å²) in [6, 6.07) is 3.00. The van der Waals surface area contributed by atoms with Crippen LogP contribution in [0.15, 0.2) is 41.6 Å². The molecule has 1 unspecified atom stereocenters. The molecular formula is C28H31F4N7O3. The van der Waals surface area contributed by atoms with Crippen molar-refractivity contribution in [3.05, 3.63) is 64.1 Å². The summed E-state index contributed by atoms with van der Waals surface area (Å²) in [4.78, 5) is 41.6. The van der Waals surface area contributed by atoms with Gasteiger partial charge in [0.15, 0.2) is 0 Å². The number of H-pyrrole nitrogens is 1. The summed E-state index contributed by atoms with van der Waals surface area (Å²) in [7, 11) is 3.91. The Morgan fingerprint density at radius 2 is 1.83 bits per heavy atom. The number of benzene rings is 1. The van der Waals surface area contributed by atoms with Crippen molar-refractivity contribution in [2.75, 3.05) is 75.1 Å². The molecule has 0 spiro atoms. The summed E-state index contributed by atoms with van der Waals surface area (Å²) < 4.78 is 62.0. The van der Waals surface area contributed by atoms with E-state index in [2.05, 4.69) is 25.2 Å². The lowest BCUT2D eigenvalue weighted by atomic mass is 10.0. The molecule has 1 amide bonds. The number of aromatic amines is 1. The number of carbonyl (C=O) groups excluding carboxylic acids is 1. The van der Waals surface area contributed by atoms with Crippen molar-refractivity contribution >= 4 is 23.2 Å². The van der Waals surface area contributed by atoms with E-state index in [0.717, 1.165) is 19.2 Å². The minimum Gasteiger partial charge on any atom is -0.378 e. The van der Waals surface area contributed by atoms with Crippen LogP contribution < -0.4 is 20.7 Å². The molecule has 2 saturated heterocycles. The molecule has 0 saturated carbocycles. The van der Waals surface area contributed by atoms with Crippen LogP contribution in [0.2, 0.25) is 0 Å². The largest absolute Gasteiger partial charge is 0.417 e. The fourth-order valence-corrected chi connectivity index (χ4v) is 5.33. The number of alkyl halides is 3. The quantitative estimate of drug-likeness (QED) is 0.404. The molecule has 10 nitrogen and oxygen atoms in total. The van der Waals surface area contributed by atoms with Crippen LogP contribution in [0.4, 0.5) is 34.9 Å². The Kier molecular flexibility index (Phi) is 8.45. The Balaban J connectivity index is 1.51. The van der Waals surface area contributed by atoms with E-state index >= 15 is 4.39 Å². The molecule has 2 aromatic heterocycles. The van der Waals surface area contributed by atoms with Gasteiger partial charge in [0.25, 0.3) is 5.91 Å². The Bertz CT molecular complexity index is 1490. The van der Waals surface area contributed by atoms with E-state index in [1.54, 1.807) is 0 Å². The number of amides is 1. The van der Waals surface area contributed by atoms with E-state index in [4.69, 9.17) is 4.74 Å². The lowest BCUT2D eigenvalue weighted by molar-refractivity contribution is -0.138. The first kappa shape index (κ1) is 29.5. The number of nitrogens with zero attached hydrogens (tertiary/aromatic N) is 5. The van der Waals surface area contributed by atoms with Crippen molar-refractivity contribution in [1.29, 1.82) is 0 Å².